The molecule has 0 aromatic rings. The molecule has 0 heterocycles. The molecule has 0 radical (unpaired) electrons. The Balaban J connectivity index is 3.90. The van der Waals surface area contributed by atoms with Crippen LogP contribution in [0, 0.1) is 11.8 Å². The lowest BCUT2D eigenvalue weighted by atomic mass is 10.0. The quantitative estimate of drug-likeness (QED) is 0.624. The van der Waals surface area contributed by atoms with Crippen LogP contribution in [0.15, 0.2) is 0 Å². The molecule has 2 amide bonds. The summed E-state index contributed by atoms with van der Waals surface area (Å²) in [6.45, 7) is 8.51. The van der Waals surface area contributed by atoms with E-state index in [4.69, 9.17) is 5.11 Å². The highest BCUT2D eigenvalue weighted by Gasteiger charge is 2.13. The molecule has 0 aromatic carbocycles. The summed E-state index contributed by atoms with van der Waals surface area (Å²) in [5.41, 5.74) is 0. The van der Waals surface area contributed by atoms with E-state index in [-0.39, 0.29) is 24.4 Å². The molecule has 2 atom stereocenters. The number of rotatable bonds is 8. The minimum Gasteiger partial charge on any atom is -0.481 e. The van der Waals surface area contributed by atoms with Crippen molar-refractivity contribution in [3.05, 3.63) is 0 Å². The van der Waals surface area contributed by atoms with Gasteiger partial charge in [-0.05, 0) is 25.2 Å². The molecule has 106 valence electrons. The Bertz CT molecular complexity index is 267. The van der Waals surface area contributed by atoms with Gasteiger partial charge in [-0.1, -0.05) is 27.2 Å². The van der Waals surface area contributed by atoms with Gasteiger partial charge >= 0.3 is 12.0 Å². The van der Waals surface area contributed by atoms with E-state index < -0.39 is 5.97 Å². The maximum atomic E-state index is 11.6. The third-order valence-corrected chi connectivity index (χ3v) is 2.79. The molecule has 0 bridgehead atoms. The summed E-state index contributed by atoms with van der Waals surface area (Å²) in [6.07, 6.45) is 1.77. The van der Waals surface area contributed by atoms with E-state index in [2.05, 4.69) is 24.5 Å². The zero-order valence-corrected chi connectivity index (χ0v) is 11.8. The Hall–Kier alpha value is -1.26. The van der Waals surface area contributed by atoms with Gasteiger partial charge in [0.1, 0.15) is 0 Å². The second-order valence-electron chi connectivity index (χ2n) is 5.26. The fraction of sp³-hybridized carbons (Fsp3) is 0.846. The molecule has 0 spiro atoms. The van der Waals surface area contributed by atoms with E-state index in [9.17, 15) is 9.59 Å². The Morgan fingerprint density at radius 3 is 2.28 bits per heavy atom. The zero-order chi connectivity index (χ0) is 14.1. The fourth-order valence-electron chi connectivity index (χ4n) is 1.89. The molecular weight excluding hydrogens is 232 g/mol. The Morgan fingerprint density at radius 2 is 1.83 bits per heavy atom. The van der Waals surface area contributed by atoms with Crippen LogP contribution in [-0.2, 0) is 4.79 Å². The second-order valence-corrected chi connectivity index (χ2v) is 5.26. The topological polar surface area (TPSA) is 78.4 Å². The third kappa shape index (κ3) is 8.84. The number of carboxylic acids is 1. The first-order valence-corrected chi connectivity index (χ1v) is 6.61. The smallest absolute Gasteiger partial charge is 0.315 e. The average Bonchev–Trinajstić information content (AvgIpc) is 2.22. The summed E-state index contributed by atoms with van der Waals surface area (Å²) in [5, 5.41) is 14.3. The number of carboxylic acid groups (broad SMARTS) is 1. The van der Waals surface area contributed by atoms with Crippen LogP contribution in [0.5, 0.6) is 0 Å². The van der Waals surface area contributed by atoms with Gasteiger partial charge in [0.2, 0.25) is 0 Å². The lowest BCUT2D eigenvalue weighted by molar-refractivity contribution is -0.138. The van der Waals surface area contributed by atoms with Crippen molar-refractivity contribution >= 4 is 12.0 Å². The van der Waals surface area contributed by atoms with E-state index >= 15 is 0 Å². The van der Waals surface area contributed by atoms with E-state index in [1.54, 1.807) is 0 Å². The van der Waals surface area contributed by atoms with Crippen LogP contribution in [0.3, 0.4) is 0 Å². The molecule has 2 unspecified atom stereocenters. The molecule has 0 aromatic heterocycles. The number of carbonyl (C=O) groups is 2. The monoisotopic (exact) mass is 258 g/mol. The highest BCUT2D eigenvalue weighted by Crippen LogP contribution is 2.07. The first kappa shape index (κ1) is 16.7. The maximum Gasteiger partial charge on any atom is 0.315 e. The van der Waals surface area contributed by atoms with Crippen LogP contribution in [0.25, 0.3) is 0 Å². The van der Waals surface area contributed by atoms with Crippen LogP contribution in [0.4, 0.5) is 4.79 Å². The summed E-state index contributed by atoms with van der Waals surface area (Å²) in [6, 6.07) is -0.0865. The van der Waals surface area contributed by atoms with E-state index in [0.29, 0.717) is 12.5 Å². The van der Waals surface area contributed by atoms with Gasteiger partial charge in [0.25, 0.3) is 0 Å². The van der Waals surface area contributed by atoms with Crippen LogP contribution >= 0.6 is 0 Å². The lowest BCUT2D eigenvalue weighted by Gasteiger charge is -2.18. The van der Waals surface area contributed by atoms with Crippen molar-refractivity contribution in [3.63, 3.8) is 0 Å². The van der Waals surface area contributed by atoms with Crippen molar-refractivity contribution in [2.45, 2.75) is 53.0 Å². The molecule has 0 fully saturated rings. The highest BCUT2D eigenvalue weighted by molar-refractivity contribution is 5.74. The molecule has 0 aliphatic heterocycles. The third-order valence-electron chi connectivity index (χ3n) is 2.79. The van der Waals surface area contributed by atoms with E-state index in [1.807, 2.05) is 13.8 Å². The highest BCUT2D eigenvalue weighted by atomic mass is 16.4. The van der Waals surface area contributed by atoms with Crippen molar-refractivity contribution in [1.82, 2.24) is 10.6 Å². The first-order chi connectivity index (χ1) is 8.35. The van der Waals surface area contributed by atoms with E-state index in [1.165, 1.54) is 0 Å². The molecule has 18 heavy (non-hydrogen) atoms. The van der Waals surface area contributed by atoms with Crippen LogP contribution < -0.4 is 10.6 Å². The summed E-state index contributed by atoms with van der Waals surface area (Å²) >= 11 is 0. The standard InChI is InChI=1S/C13H26N2O3/c1-5-11(7-12(16)17)8-14-13(18)15-10(4)6-9(2)3/h9-11H,5-8H2,1-4H3,(H,16,17)(H2,14,15,18). The van der Waals surface area contributed by atoms with Gasteiger partial charge in [-0.3, -0.25) is 4.79 Å². The summed E-state index contributed by atoms with van der Waals surface area (Å²) in [5.74, 6) is -0.290. The van der Waals surface area contributed by atoms with Crippen molar-refractivity contribution in [3.8, 4) is 0 Å². The average molecular weight is 258 g/mol. The summed E-state index contributed by atoms with van der Waals surface area (Å²) in [4.78, 5) is 22.2. The van der Waals surface area contributed by atoms with Crippen LogP contribution in [-0.4, -0.2) is 29.7 Å². The SMILES string of the molecule is CCC(CNC(=O)NC(C)CC(C)C)CC(=O)O. The molecule has 3 N–H and O–H groups in total. The number of hydrogen-bond acceptors (Lipinski definition) is 2. The molecule has 5 nitrogen and oxygen atoms in total. The predicted molar refractivity (Wildman–Crippen MR) is 71.5 cm³/mol. The van der Waals surface area contributed by atoms with Gasteiger partial charge in [-0.25, -0.2) is 4.79 Å². The first-order valence-electron chi connectivity index (χ1n) is 6.61. The maximum absolute atomic E-state index is 11.6. The summed E-state index contributed by atoms with van der Waals surface area (Å²) < 4.78 is 0. The molecule has 0 saturated heterocycles. The molecule has 0 saturated carbocycles. The van der Waals surface area contributed by atoms with Crippen LogP contribution in [0.2, 0.25) is 0 Å². The van der Waals surface area contributed by atoms with Crippen LogP contribution in [0.1, 0.15) is 47.0 Å². The minimum absolute atomic E-state index is 0.00588. The Morgan fingerprint density at radius 1 is 1.22 bits per heavy atom. The van der Waals surface area contributed by atoms with Gasteiger partial charge in [0.15, 0.2) is 0 Å². The number of carbonyl (C=O) groups excluding carboxylic acids is 1. The molecule has 0 rings (SSSR count). The number of amides is 2. The van der Waals surface area contributed by atoms with Crippen molar-refractivity contribution in [1.29, 1.82) is 0 Å². The predicted octanol–water partition coefficient (Wildman–Crippen LogP) is 2.22. The number of hydrogen-bond donors (Lipinski definition) is 3. The zero-order valence-electron chi connectivity index (χ0n) is 11.8. The van der Waals surface area contributed by atoms with Gasteiger partial charge in [0.05, 0.1) is 0 Å². The van der Waals surface area contributed by atoms with E-state index in [0.717, 1.165) is 12.8 Å². The minimum atomic E-state index is -0.822. The Kier molecular flexibility index (Phi) is 8.16. The van der Waals surface area contributed by atoms with Crippen molar-refractivity contribution < 1.29 is 14.7 Å². The van der Waals surface area contributed by atoms with Crippen molar-refractivity contribution in [2.75, 3.05) is 6.54 Å². The largest absolute Gasteiger partial charge is 0.481 e. The number of nitrogens with one attached hydrogen (secondary N) is 2. The van der Waals surface area contributed by atoms with Gasteiger partial charge < -0.3 is 15.7 Å². The van der Waals surface area contributed by atoms with Gasteiger partial charge in [0, 0.05) is 19.0 Å². The number of aliphatic carboxylic acids is 1. The number of urea groups is 1. The van der Waals surface area contributed by atoms with Gasteiger partial charge in [-0.15, -0.1) is 0 Å². The fourth-order valence-corrected chi connectivity index (χ4v) is 1.89. The Labute approximate surface area is 109 Å². The summed E-state index contributed by atoms with van der Waals surface area (Å²) in [7, 11) is 0. The molecule has 0 aliphatic carbocycles. The molecule has 5 heteroatoms. The molecular formula is C13H26N2O3. The lowest BCUT2D eigenvalue weighted by Crippen LogP contribution is -2.43. The second kappa shape index (κ2) is 8.78. The molecule has 0 aliphatic rings. The van der Waals surface area contributed by atoms with Crippen molar-refractivity contribution in [2.24, 2.45) is 11.8 Å². The van der Waals surface area contributed by atoms with Gasteiger partial charge in [-0.2, -0.15) is 0 Å². The normalized spacial score (nSPS) is 14.1.